The van der Waals surface area contributed by atoms with Crippen molar-refractivity contribution in [3.63, 3.8) is 0 Å². The lowest BCUT2D eigenvalue weighted by Gasteiger charge is -2.27. The fraction of sp³-hybridized carbons (Fsp3) is 0.389. The SMILES string of the molecule is N[C@@H](CC(=O)O)C(=O)NCc1c[nH]c(=S)n1[C@H]1CCc2ccccc2C1. The molecule has 1 aliphatic rings. The van der Waals surface area contributed by atoms with E-state index in [0.29, 0.717) is 4.77 Å². The maximum atomic E-state index is 12.0. The predicted octanol–water partition coefficient (Wildman–Crippen LogP) is 1.69. The van der Waals surface area contributed by atoms with E-state index in [1.165, 1.54) is 11.1 Å². The zero-order chi connectivity index (χ0) is 18.7. The number of carboxylic acid groups (broad SMARTS) is 1. The molecule has 1 aromatic heterocycles. The first kappa shape index (κ1) is 18.3. The molecule has 0 aliphatic heterocycles. The highest BCUT2D eigenvalue weighted by molar-refractivity contribution is 7.71. The van der Waals surface area contributed by atoms with E-state index >= 15 is 0 Å². The zero-order valence-corrected chi connectivity index (χ0v) is 15.1. The Hall–Kier alpha value is -2.45. The van der Waals surface area contributed by atoms with Gasteiger partial charge in [-0.3, -0.25) is 9.59 Å². The number of carbonyl (C=O) groups excluding carboxylic acids is 1. The van der Waals surface area contributed by atoms with E-state index in [2.05, 4.69) is 28.5 Å². The van der Waals surface area contributed by atoms with E-state index in [1.54, 1.807) is 6.20 Å². The summed E-state index contributed by atoms with van der Waals surface area (Å²) in [5, 5.41) is 11.4. The Morgan fingerprint density at radius 1 is 1.38 bits per heavy atom. The van der Waals surface area contributed by atoms with Crippen molar-refractivity contribution in [3.8, 4) is 0 Å². The molecule has 0 saturated carbocycles. The van der Waals surface area contributed by atoms with Crippen molar-refractivity contribution in [1.82, 2.24) is 14.9 Å². The molecule has 5 N–H and O–H groups in total. The number of carbonyl (C=O) groups is 2. The Balaban J connectivity index is 1.71. The van der Waals surface area contributed by atoms with Crippen LogP contribution in [0.3, 0.4) is 0 Å². The monoisotopic (exact) mass is 374 g/mol. The minimum absolute atomic E-state index is 0.225. The van der Waals surface area contributed by atoms with Gasteiger partial charge in [-0.05, 0) is 42.6 Å². The summed E-state index contributed by atoms with van der Waals surface area (Å²) < 4.78 is 2.67. The van der Waals surface area contributed by atoms with E-state index in [0.717, 1.165) is 25.0 Å². The molecule has 0 radical (unpaired) electrons. The molecular formula is C18H22N4O3S. The van der Waals surface area contributed by atoms with Gasteiger partial charge < -0.3 is 25.7 Å². The number of amides is 1. The lowest BCUT2D eigenvalue weighted by atomic mass is 9.88. The van der Waals surface area contributed by atoms with Crippen LogP contribution in [-0.4, -0.2) is 32.6 Å². The Labute approximate surface area is 156 Å². The zero-order valence-electron chi connectivity index (χ0n) is 14.3. The van der Waals surface area contributed by atoms with E-state index in [4.69, 9.17) is 23.1 Å². The summed E-state index contributed by atoms with van der Waals surface area (Å²) in [5.41, 5.74) is 9.15. The highest BCUT2D eigenvalue weighted by Gasteiger charge is 2.23. The van der Waals surface area contributed by atoms with Crippen molar-refractivity contribution in [2.75, 3.05) is 0 Å². The van der Waals surface area contributed by atoms with Gasteiger partial charge in [0.2, 0.25) is 5.91 Å². The molecule has 7 nitrogen and oxygen atoms in total. The van der Waals surface area contributed by atoms with E-state index in [-0.39, 0.29) is 12.6 Å². The topological polar surface area (TPSA) is 113 Å². The van der Waals surface area contributed by atoms with Crippen molar-refractivity contribution in [2.24, 2.45) is 5.73 Å². The number of rotatable bonds is 6. The minimum Gasteiger partial charge on any atom is -0.481 e. The molecule has 26 heavy (non-hydrogen) atoms. The molecule has 1 aromatic carbocycles. The van der Waals surface area contributed by atoms with Crippen LogP contribution in [0.5, 0.6) is 0 Å². The van der Waals surface area contributed by atoms with Crippen LogP contribution in [0.4, 0.5) is 0 Å². The summed E-state index contributed by atoms with van der Waals surface area (Å²) in [5.74, 6) is -1.59. The average Bonchev–Trinajstić information content (AvgIpc) is 2.99. The van der Waals surface area contributed by atoms with Crippen molar-refractivity contribution in [3.05, 3.63) is 52.1 Å². The summed E-state index contributed by atoms with van der Waals surface area (Å²) in [7, 11) is 0. The van der Waals surface area contributed by atoms with Crippen molar-refractivity contribution in [1.29, 1.82) is 0 Å². The number of hydrogen-bond donors (Lipinski definition) is 4. The molecule has 3 rings (SSSR count). The molecule has 8 heteroatoms. The van der Waals surface area contributed by atoms with Crippen LogP contribution in [0.25, 0.3) is 0 Å². The molecule has 1 amide bonds. The number of H-pyrrole nitrogens is 1. The Bertz CT molecular complexity index is 873. The summed E-state index contributed by atoms with van der Waals surface area (Å²) in [6, 6.07) is 7.56. The van der Waals surface area contributed by atoms with Crippen LogP contribution in [-0.2, 0) is 29.0 Å². The van der Waals surface area contributed by atoms with Crippen LogP contribution >= 0.6 is 12.2 Å². The highest BCUT2D eigenvalue weighted by Crippen LogP contribution is 2.30. The van der Waals surface area contributed by atoms with Gasteiger partial charge in [0.05, 0.1) is 24.7 Å². The highest BCUT2D eigenvalue weighted by atomic mass is 32.1. The number of nitrogens with one attached hydrogen (secondary N) is 2. The third-order valence-electron chi connectivity index (χ3n) is 4.75. The normalized spacial score (nSPS) is 17.3. The molecule has 1 aliphatic carbocycles. The van der Waals surface area contributed by atoms with E-state index in [1.807, 2.05) is 10.6 Å². The number of nitrogens with two attached hydrogens (primary N) is 1. The number of imidazole rings is 1. The number of aromatic amines is 1. The Kier molecular flexibility index (Phi) is 5.53. The van der Waals surface area contributed by atoms with Crippen molar-refractivity contribution in [2.45, 2.75) is 44.3 Å². The molecular weight excluding hydrogens is 352 g/mol. The summed E-state index contributed by atoms with van der Waals surface area (Å²) in [4.78, 5) is 25.7. The number of hydrogen-bond acceptors (Lipinski definition) is 4. The fourth-order valence-corrected chi connectivity index (χ4v) is 3.76. The number of carboxylic acids is 1. The van der Waals surface area contributed by atoms with Crippen LogP contribution in [0, 0.1) is 4.77 Å². The maximum absolute atomic E-state index is 12.0. The van der Waals surface area contributed by atoms with Gasteiger partial charge in [0.25, 0.3) is 0 Å². The van der Waals surface area contributed by atoms with Crippen LogP contribution in [0.1, 0.15) is 35.7 Å². The van der Waals surface area contributed by atoms with Crippen LogP contribution in [0.15, 0.2) is 30.5 Å². The summed E-state index contributed by atoms with van der Waals surface area (Å²) >= 11 is 5.43. The lowest BCUT2D eigenvalue weighted by Crippen LogP contribution is -2.41. The van der Waals surface area contributed by atoms with Gasteiger partial charge in [-0.1, -0.05) is 24.3 Å². The fourth-order valence-electron chi connectivity index (χ4n) is 3.44. The molecule has 0 unspecified atom stereocenters. The molecule has 0 saturated heterocycles. The molecule has 138 valence electrons. The maximum Gasteiger partial charge on any atom is 0.305 e. The van der Waals surface area contributed by atoms with Gasteiger partial charge in [-0.15, -0.1) is 0 Å². The summed E-state index contributed by atoms with van der Waals surface area (Å²) in [6.45, 7) is 0.247. The molecule has 0 bridgehead atoms. The number of fused-ring (bicyclic) bond motifs is 1. The second-order valence-electron chi connectivity index (χ2n) is 6.54. The standard InChI is InChI=1S/C18H22N4O3S/c19-15(8-16(23)24)17(25)20-9-14-10-21-18(26)22(14)13-6-5-11-3-1-2-4-12(11)7-13/h1-4,10,13,15H,5-9,19H2,(H,20,25)(H,21,26)(H,23,24)/t13-,15-/m0/s1. The number of aliphatic carboxylic acids is 1. The number of benzene rings is 1. The second-order valence-corrected chi connectivity index (χ2v) is 6.93. The third-order valence-corrected chi connectivity index (χ3v) is 5.07. The average molecular weight is 374 g/mol. The van der Waals surface area contributed by atoms with Crippen LogP contribution in [0.2, 0.25) is 0 Å². The third kappa shape index (κ3) is 4.03. The number of aryl methyl sites for hydroxylation is 1. The first-order valence-electron chi connectivity index (χ1n) is 8.56. The van der Waals surface area contributed by atoms with Gasteiger partial charge in [0.15, 0.2) is 4.77 Å². The Morgan fingerprint density at radius 2 is 2.12 bits per heavy atom. The largest absolute Gasteiger partial charge is 0.481 e. The molecule has 0 fully saturated rings. The van der Waals surface area contributed by atoms with E-state index < -0.39 is 24.3 Å². The molecule has 2 atom stereocenters. The lowest BCUT2D eigenvalue weighted by molar-refractivity contribution is -0.139. The van der Waals surface area contributed by atoms with Gasteiger partial charge in [-0.2, -0.15) is 0 Å². The van der Waals surface area contributed by atoms with Crippen molar-refractivity contribution < 1.29 is 14.7 Å². The first-order valence-corrected chi connectivity index (χ1v) is 8.97. The van der Waals surface area contributed by atoms with Gasteiger partial charge >= 0.3 is 5.97 Å². The molecule has 0 spiro atoms. The Morgan fingerprint density at radius 3 is 2.85 bits per heavy atom. The number of aromatic nitrogens is 2. The minimum atomic E-state index is -1.10. The first-order chi connectivity index (χ1) is 12.5. The van der Waals surface area contributed by atoms with Crippen LogP contribution < -0.4 is 11.1 Å². The predicted molar refractivity (Wildman–Crippen MR) is 99.2 cm³/mol. The smallest absolute Gasteiger partial charge is 0.305 e. The number of nitrogens with zero attached hydrogens (tertiary/aromatic N) is 1. The molecule has 2 aromatic rings. The van der Waals surface area contributed by atoms with Gasteiger partial charge in [0, 0.05) is 12.2 Å². The van der Waals surface area contributed by atoms with E-state index in [9.17, 15) is 9.59 Å². The second kappa shape index (κ2) is 7.84. The molecule has 1 heterocycles. The quantitative estimate of drug-likeness (QED) is 0.575. The van der Waals surface area contributed by atoms with Gasteiger partial charge in [-0.25, -0.2) is 0 Å². The van der Waals surface area contributed by atoms with Crippen molar-refractivity contribution >= 4 is 24.1 Å². The van der Waals surface area contributed by atoms with Gasteiger partial charge in [0.1, 0.15) is 0 Å². The summed E-state index contributed by atoms with van der Waals surface area (Å²) in [6.07, 6.45) is 4.24.